The first kappa shape index (κ1) is 67.3. The first-order valence-electron chi connectivity index (χ1n) is 39.2. The molecule has 0 unspecified atom stereocenters. The van der Waals surface area contributed by atoms with Crippen LogP contribution in [-0.4, -0.2) is 0 Å². The van der Waals surface area contributed by atoms with Crippen molar-refractivity contribution in [2.24, 2.45) is 0 Å². The molecule has 0 fully saturated rings. The summed E-state index contributed by atoms with van der Waals surface area (Å²) in [4.78, 5) is 4.80. The summed E-state index contributed by atoms with van der Waals surface area (Å²) in [5.41, 5.74) is 32.7. The van der Waals surface area contributed by atoms with Gasteiger partial charge < -0.3 is 18.6 Å². The van der Waals surface area contributed by atoms with Gasteiger partial charge in [0, 0.05) is 55.3 Å². The third-order valence-corrected chi connectivity index (χ3v) is 23.5. The monoisotopic (exact) mass is 1450 g/mol. The van der Waals surface area contributed by atoms with Gasteiger partial charge in [0.1, 0.15) is 11.2 Å². The lowest BCUT2D eigenvalue weighted by molar-refractivity contribution is 0.670. The topological polar surface area (TPSA) is 32.8 Å². The Morgan fingerprint density at radius 3 is 0.868 bits per heavy atom. The van der Waals surface area contributed by atoms with Crippen LogP contribution < -0.4 is 9.80 Å². The van der Waals surface area contributed by atoms with Crippen LogP contribution in [0.25, 0.3) is 111 Å². The molecule has 0 bridgehead atoms. The zero-order valence-electron chi connectivity index (χ0n) is 62.4. The van der Waals surface area contributed by atoms with Gasteiger partial charge >= 0.3 is 0 Å². The van der Waals surface area contributed by atoms with Crippen molar-refractivity contribution in [3.63, 3.8) is 0 Å². The zero-order chi connectivity index (χ0) is 75.5. The number of anilines is 6. The second kappa shape index (κ2) is 28.2. The molecule has 20 aromatic rings. The van der Waals surface area contributed by atoms with Crippen LogP contribution >= 0.6 is 0 Å². The lowest BCUT2D eigenvalue weighted by Gasteiger charge is -2.35. The number of para-hydroxylation sites is 5. The Balaban J connectivity index is 0.000000143. The van der Waals surface area contributed by atoms with E-state index in [0.717, 1.165) is 111 Å². The molecule has 114 heavy (non-hydrogen) atoms. The molecule has 0 atom stereocenters. The molecular weight excluding hydrogens is 1380 g/mol. The molecule has 0 spiro atoms. The van der Waals surface area contributed by atoms with Crippen LogP contribution in [0.1, 0.15) is 44.5 Å². The molecule has 22 rings (SSSR count). The Bertz CT molecular complexity index is 6860. The average molecular weight is 1460 g/mol. The van der Waals surface area contributed by atoms with Crippen molar-refractivity contribution in [3.05, 3.63) is 493 Å². The van der Waals surface area contributed by atoms with Crippen LogP contribution in [0.3, 0.4) is 0 Å². The molecule has 0 saturated heterocycles. The fourth-order valence-electron chi connectivity index (χ4n) is 18.6. The van der Waals surface area contributed by atoms with E-state index in [1.165, 1.54) is 77.9 Å². The van der Waals surface area contributed by atoms with Gasteiger partial charge in [-0.05, 0) is 149 Å². The maximum Gasteiger partial charge on any atom is 0.159 e. The minimum atomic E-state index is -0.537. The van der Waals surface area contributed by atoms with Crippen molar-refractivity contribution in [2.75, 3.05) is 9.80 Å². The van der Waals surface area contributed by atoms with E-state index in [4.69, 9.17) is 8.83 Å². The minimum absolute atomic E-state index is 0.525. The Labute approximate surface area is 663 Å². The van der Waals surface area contributed by atoms with Gasteiger partial charge in [-0.2, -0.15) is 0 Å². The smallest absolute Gasteiger partial charge is 0.159 e. The number of fused-ring (bicyclic) bond motifs is 12. The summed E-state index contributed by atoms with van der Waals surface area (Å²) < 4.78 is 14.2. The van der Waals surface area contributed by atoms with E-state index in [1.54, 1.807) is 0 Å². The first-order chi connectivity index (χ1) is 56.6. The molecule has 0 aliphatic heterocycles. The second-order valence-electron chi connectivity index (χ2n) is 29.6. The van der Waals surface area contributed by atoms with E-state index in [1.807, 2.05) is 0 Å². The van der Waals surface area contributed by atoms with Gasteiger partial charge in [-0.1, -0.05) is 394 Å². The number of hydrogen-bond acceptors (Lipinski definition) is 4. The zero-order valence-corrected chi connectivity index (χ0v) is 62.4. The van der Waals surface area contributed by atoms with Crippen LogP contribution in [0.2, 0.25) is 0 Å². The third kappa shape index (κ3) is 11.0. The highest BCUT2D eigenvalue weighted by atomic mass is 16.3. The highest BCUT2D eigenvalue weighted by Gasteiger charge is 2.48. The van der Waals surface area contributed by atoms with Crippen molar-refractivity contribution in [1.82, 2.24) is 0 Å². The number of benzene rings is 18. The normalized spacial score (nSPS) is 12.7. The predicted octanol–water partition coefficient (Wildman–Crippen LogP) is 29.5. The van der Waals surface area contributed by atoms with Crippen molar-refractivity contribution in [3.8, 4) is 66.8 Å². The molecular formula is C110H74N2O2. The summed E-state index contributed by atoms with van der Waals surface area (Å²) in [6.45, 7) is 0. The Kier molecular flexibility index (Phi) is 16.7. The highest BCUT2D eigenvalue weighted by Crippen LogP contribution is 2.60. The molecule has 0 saturated carbocycles. The molecule has 2 aliphatic carbocycles. The fraction of sp³-hybridized carbons (Fsp3) is 0.0182. The van der Waals surface area contributed by atoms with E-state index in [0.29, 0.717) is 0 Å². The number of furan rings is 2. The van der Waals surface area contributed by atoms with Crippen LogP contribution in [0.4, 0.5) is 34.1 Å². The molecule has 4 nitrogen and oxygen atoms in total. The predicted molar refractivity (Wildman–Crippen MR) is 473 cm³/mol. The Morgan fingerprint density at radius 1 is 0.167 bits per heavy atom. The molecule has 2 aromatic heterocycles. The van der Waals surface area contributed by atoms with Crippen LogP contribution in [0, 0.1) is 0 Å². The molecule has 18 aromatic carbocycles. The quantitative estimate of drug-likeness (QED) is 0.109. The summed E-state index contributed by atoms with van der Waals surface area (Å²) in [5, 5.41) is 4.37. The maximum atomic E-state index is 7.12. The van der Waals surface area contributed by atoms with Gasteiger partial charge in [0.2, 0.25) is 0 Å². The molecule has 0 amide bonds. The molecule has 2 aliphatic rings. The summed E-state index contributed by atoms with van der Waals surface area (Å²) in [6.07, 6.45) is 0. The average Bonchev–Trinajstić information content (AvgIpc) is 1.53. The van der Waals surface area contributed by atoms with E-state index < -0.39 is 10.8 Å². The van der Waals surface area contributed by atoms with Gasteiger partial charge in [0.25, 0.3) is 0 Å². The Hall–Kier alpha value is -14.8. The summed E-state index contributed by atoms with van der Waals surface area (Å²) in [7, 11) is 0. The van der Waals surface area contributed by atoms with E-state index in [-0.39, 0.29) is 0 Å². The number of rotatable bonds is 14. The van der Waals surface area contributed by atoms with Gasteiger partial charge in [-0.15, -0.1) is 0 Å². The largest absolute Gasteiger partial charge is 0.453 e. The SMILES string of the molecule is c1ccc(-c2ccc(N(c3ccc4c(c3)C(c3ccccc3)(c3ccccc3)c3ccccc3-4)c3cccc4c3oc3c(-c5ccccc5)cccc34)cc2)cc1.c1ccc(-c2ccccc2N(c2ccc3c(c2)C(c2ccccc2)(c2ccccc2)c2ccccc2-3)c2cccc3c2oc2c(-c4ccccc4)cccc23)cc1. The summed E-state index contributed by atoms with van der Waals surface area (Å²) in [6, 6.07) is 162. The lowest BCUT2D eigenvalue weighted by Crippen LogP contribution is -2.28. The molecule has 4 heteroatoms. The lowest BCUT2D eigenvalue weighted by atomic mass is 9.67. The van der Waals surface area contributed by atoms with Gasteiger partial charge in [0.15, 0.2) is 11.2 Å². The standard InChI is InChI=1S/2C55H37NO/c1-5-19-38(20-6-1)43-27-14-16-33-51(43)56(52-34-18-31-48-47-30-17-29-44(53(47)57-54(48)52)39-21-7-2-8-22-39)42-35-36-46-45-28-13-15-32-49(45)55(50(46)37-42,40-23-9-3-10-24-40)41-25-11-4-12-26-41;1-5-17-38(18-6-1)39-31-33-43(34-32-39)56(52-30-16-28-49-48-27-15-26-45(53(48)57-54(49)52)40-19-7-2-8-20-40)44-35-36-47-46-25-13-14-29-50(46)55(51(47)37-44,41-21-9-3-10-22-41)42-23-11-4-12-24-42/h2*1-37H. The van der Waals surface area contributed by atoms with Crippen molar-refractivity contribution >= 4 is 78.0 Å². The van der Waals surface area contributed by atoms with E-state index >= 15 is 0 Å². The van der Waals surface area contributed by atoms with Gasteiger partial charge in [0.05, 0.1) is 27.9 Å². The molecule has 536 valence electrons. The Morgan fingerprint density at radius 2 is 0.447 bits per heavy atom. The van der Waals surface area contributed by atoms with Crippen molar-refractivity contribution < 1.29 is 8.83 Å². The van der Waals surface area contributed by atoms with Crippen molar-refractivity contribution in [2.45, 2.75) is 10.8 Å². The molecule has 0 radical (unpaired) electrons. The molecule has 0 N–H and O–H groups in total. The van der Waals surface area contributed by atoms with E-state index in [2.05, 4.69) is 459 Å². The number of hydrogen-bond donors (Lipinski definition) is 0. The maximum absolute atomic E-state index is 7.12. The summed E-state index contributed by atoms with van der Waals surface area (Å²) in [5.74, 6) is 0. The fourth-order valence-corrected chi connectivity index (χ4v) is 18.6. The van der Waals surface area contributed by atoms with Crippen molar-refractivity contribution in [1.29, 1.82) is 0 Å². The third-order valence-electron chi connectivity index (χ3n) is 23.5. The summed E-state index contributed by atoms with van der Waals surface area (Å²) >= 11 is 0. The van der Waals surface area contributed by atoms with Crippen LogP contribution in [-0.2, 0) is 10.8 Å². The minimum Gasteiger partial charge on any atom is -0.453 e. The first-order valence-corrected chi connectivity index (χ1v) is 39.2. The number of nitrogens with zero attached hydrogens (tertiary/aromatic N) is 2. The van der Waals surface area contributed by atoms with Gasteiger partial charge in [-0.25, -0.2) is 0 Å². The van der Waals surface area contributed by atoms with E-state index in [9.17, 15) is 0 Å². The second-order valence-corrected chi connectivity index (χ2v) is 29.6. The van der Waals surface area contributed by atoms with Crippen LogP contribution in [0.5, 0.6) is 0 Å². The van der Waals surface area contributed by atoms with Crippen LogP contribution in [0.15, 0.2) is 458 Å². The van der Waals surface area contributed by atoms with Gasteiger partial charge in [-0.3, -0.25) is 0 Å². The highest BCUT2D eigenvalue weighted by molar-refractivity contribution is 6.15. The molecule has 2 heterocycles.